The summed E-state index contributed by atoms with van der Waals surface area (Å²) >= 11 is 0. The molecule has 0 saturated carbocycles. The summed E-state index contributed by atoms with van der Waals surface area (Å²) in [7, 11) is 1.89. The summed E-state index contributed by atoms with van der Waals surface area (Å²) in [5.74, 6) is 0.307. The van der Waals surface area contributed by atoms with Crippen LogP contribution in [0.5, 0.6) is 0 Å². The average molecular weight is 249 g/mol. The topological polar surface area (TPSA) is 32.3 Å². The molecule has 1 heterocycles. The first-order valence-corrected chi connectivity index (χ1v) is 5.97. The fourth-order valence-corrected chi connectivity index (χ4v) is 2.06. The van der Waals surface area contributed by atoms with Crippen LogP contribution in [0.25, 0.3) is 0 Å². The highest BCUT2D eigenvalue weighted by Gasteiger charge is 2.24. The number of hydrogen-bond donors (Lipinski definition) is 1. The minimum absolute atomic E-state index is 0. The maximum absolute atomic E-state index is 11.8. The standard InChI is InChI=1S/C12H24N2O.ClH/c1-12(2)6-4-9-14(10-7-12)11(15)5-8-13-3;/h13H,4-10H2,1-3H3;1H. The molecule has 1 N–H and O–H groups in total. The number of hydrogen-bond acceptors (Lipinski definition) is 2. The van der Waals surface area contributed by atoms with E-state index in [0.717, 1.165) is 32.5 Å². The van der Waals surface area contributed by atoms with Crippen molar-refractivity contribution in [2.24, 2.45) is 5.41 Å². The summed E-state index contributed by atoms with van der Waals surface area (Å²) in [5, 5.41) is 3.02. The fourth-order valence-electron chi connectivity index (χ4n) is 2.06. The number of likely N-dealkylation sites (tertiary alicyclic amines) is 1. The van der Waals surface area contributed by atoms with Crippen molar-refractivity contribution in [3.8, 4) is 0 Å². The largest absolute Gasteiger partial charge is 0.343 e. The lowest BCUT2D eigenvalue weighted by molar-refractivity contribution is -0.131. The van der Waals surface area contributed by atoms with Gasteiger partial charge in [0.15, 0.2) is 0 Å². The Hall–Kier alpha value is -0.280. The van der Waals surface area contributed by atoms with Gasteiger partial charge >= 0.3 is 0 Å². The summed E-state index contributed by atoms with van der Waals surface area (Å²) in [6.07, 6.45) is 4.16. The number of carbonyl (C=O) groups excluding carboxylic acids is 1. The Kier molecular flexibility index (Phi) is 7.00. The predicted molar refractivity (Wildman–Crippen MR) is 70.0 cm³/mol. The van der Waals surface area contributed by atoms with E-state index >= 15 is 0 Å². The van der Waals surface area contributed by atoms with E-state index in [9.17, 15) is 4.79 Å². The maximum atomic E-state index is 11.8. The Bertz CT molecular complexity index is 219. The fraction of sp³-hybridized carbons (Fsp3) is 0.917. The van der Waals surface area contributed by atoms with Crippen LogP contribution in [0, 0.1) is 5.41 Å². The number of halogens is 1. The van der Waals surface area contributed by atoms with E-state index in [0.29, 0.717) is 17.7 Å². The van der Waals surface area contributed by atoms with E-state index < -0.39 is 0 Å². The molecule has 1 rings (SSSR count). The minimum Gasteiger partial charge on any atom is -0.343 e. The first-order valence-electron chi connectivity index (χ1n) is 5.97. The van der Waals surface area contributed by atoms with Gasteiger partial charge in [-0.2, -0.15) is 0 Å². The lowest BCUT2D eigenvalue weighted by Crippen LogP contribution is -2.33. The Morgan fingerprint density at radius 3 is 2.62 bits per heavy atom. The van der Waals surface area contributed by atoms with Gasteiger partial charge in [0.25, 0.3) is 0 Å². The van der Waals surface area contributed by atoms with E-state index in [2.05, 4.69) is 19.2 Å². The van der Waals surface area contributed by atoms with Crippen molar-refractivity contribution >= 4 is 18.3 Å². The second-order valence-electron chi connectivity index (χ2n) is 5.25. The summed E-state index contributed by atoms with van der Waals surface area (Å²) < 4.78 is 0. The van der Waals surface area contributed by atoms with E-state index in [1.165, 1.54) is 6.42 Å². The first-order chi connectivity index (χ1) is 7.05. The van der Waals surface area contributed by atoms with Crippen molar-refractivity contribution in [3.05, 3.63) is 0 Å². The summed E-state index contributed by atoms with van der Waals surface area (Å²) in [4.78, 5) is 13.8. The molecule has 1 aliphatic heterocycles. The third-order valence-corrected chi connectivity index (χ3v) is 3.28. The zero-order chi connectivity index (χ0) is 11.3. The van der Waals surface area contributed by atoms with Crippen molar-refractivity contribution < 1.29 is 4.79 Å². The van der Waals surface area contributed by atoms with Gasteiger partial charge in [0.1, 0.15) is 0 Å². The first kappa shape index (κ1) is 15.7. The lowest BCUT2D eigenvalue weighted by atomic mass is 9.85. The quantitative estimate of drug-likeness (QED) is 0.829. The van der Waals surface area contributed by atoms with Gasteiger partial charge in [0.05, 0.1) is 0 Å². The van der Waals surface area contributed by atoms with Crippen molar-refractivity contribution in [2.75, 3.05) is 26.7 Å². The molecule has 1 amide bonds. The minimum atomic E-state index is 0. The molecular weight excluding hydrogens is 224 g/mol. The highest BCUT2D eigenvalue weighted by molar-refractivity contribution is 5.85. The summed E-state index contributed by atoms with van der Waals surface area (Å²) in [6.45, 7) is 7.28. The second kappa shape index (κ2) is 7.13. The van der Waals surface area contributed by atoms with E-state index in [1.807, 2.05) is 11.9 Å². The molecule has 0 aromatic rings. The number of carbonyl (C=O) groups is 1. The lowest BCUT2D eigenvalue weighted by Gasteiger charge is -2.23. The zero-order valence-corrected chi connectivity index (χ0v) is 11.5. The van der Waals surface area contributed by atoms with Crippen LogP contribution in [0.4, 0.5) is 0 Å². The molecule has 16 heavy (non-hydrogen) atoms. The molecule has 0 aromatic carbocycles. The third kappa shape index (κ3) is 5.17. The predicted octanol–water partition coefficient (Wildman–Crippen LogP) is 2.06. The van der Waals surface area contributed by atoms with Crippen LogP contribution in [-0.2, 0) is 4.79 Å². The van der Waals surface area contributed by atoms with E-state index in [4.69, 9.17) is 0 Å². The van der Waals surface area contributed by atoms with Gasteiger partial charge in [-0.05, 0) is 31.7 Å². The second-order valence-corrected chi connectivity index (χ2v) is 5.25. The van der Waals surface area contributed by atoms with Crippen LogP contribution in [0.3, 0.4) is 0 Å². The van der Waals surface area contributed by atoms with E-state index in [-0.39, 0.29) is 12.4 Å². The highest BCUT2D eigenvalue weighted by Crippen LogP contribution is 2.29. The number of rotatable bonds is 3. The van der Waals surface area contributed by atoms with Crippen molar-refractivity contribution in [1.82, 2.24) is 10.2 Å². The maximum Gasteiger partial charge on any atom is 0.223 e. The Morgan fingerprint density at radius 1 is 1.31 bits per heavy atom. The molecule has 0 spiro atoms. The number of nitrogens with one attached hydrogen (secondary N) is 1. The van der Waals surface area contributed by atoms with Crippen LogP contribution in [0.2, 0.25) is 0 Å². The molecule has 1 aliphatic rings. The Balaban J connectivity index is 0.00000225. The molecule has 0 bridgehead atoms. The number of nitrogens with zero attached hydrogens (tertiary/aromatic N) is 1. The van der Waals surface area contributed by atoms with Crippen LogP contribution in [0.15, 0.2) is 0 Å². The van der Waals surface area contributed by atoms with Crippen molar-refractivity contribution in [3.63, 3.8) is 0 Å². The van der Waals surface area contributed by atoms with Gasteiger partial charge in [0.2, 0.25) is 5.91 Å². The molecular formula is C12H25ClN2O. The molecule has 0 unspecified atom stereocenters. The number of amides is 1. The summed E-state index contributed by atoms with van der Waals surface area (Å²) in [5.41, 5.74) is 0.415. The molecule has 0 radical (unpaired) electrons. The molecule has 4 heteroatoms. The molecule has 0 atom stereocenters. The molecule has 1 fully saturated rings. The molecule has 3 nitrogen and oxygen atoms in total. The van der Waals surface area contributed by atoms with E-state index in [1.54, 1.807) is 0 Å². The van der Waals surface area contributed by atoms with Gasteiger partial charge in [-0.1, -0.05) is 13.8 Å². The monoisotopic (exact) mass is 248 g/mol. The van der Waals surface area contributed by atoms with Gasteiger partial charge in [-0.3, -0.25) is 4.79 Å². The molecule has 1 saturated heterocycles. The van der Waals surface area contributed by atoms with Crippen LogP contribution in [-0.4, -0.2) is 37.5 Å². The van der Waals surface area contributed by atoms with Crippen LogP contribution < -0.4 is 5.32 Å². The SMILES string of the molecule is CNCCC(=O)N1CCCC(C)(C)CC1.Cl. The molecule has 0 aromatic heterocycles. The van der Waals surface area contributed by atoms with Gasteiger partial charge < -0.3 is 10.2 Å². The zero-order valence-electron chi connectivity index (χ0n) is 10.7. The average Bonchev–Trinajstić information content (AvgIpc) is 2.36. The van der Waals surface area contributed by atoms with Gasteiger partial charge in [-0.25, -0.2) is 0 Å². The Morgan fingerprint density at radius 2 is 2.00 bits per heavy atom. The van der Waals surface area contributed by atoms with Crippen molar-refractivity contribution in [2.45, 2.75) is 39.5 Å². The normalized spacial score (nSPS) is 19.8. The van der Waals surface area contributed by atoms with Gasteiger partial charge in [0, 0.05) is 26.1 Å². The highest BCUT2D eigenvalue weighted by atomic mass is 35.5. The third-order valence-electron chi connectivity index (χ3n) is 3.28. The summed E-state index contributed by atoms with van der Waals surface area (Å²) in [6, 6.07) is 0. The smallest absolute Gasteiger partial charge is 0.223 e. The molecule has 0 aliphatic carbocycles. The van der Waals surface area contributed by atoms with Crippen LogP contribution >= 0.6 is 12.4 Å². The molecule has 96 valence electrons. The Labute approximate surface area is 105 Å². The van der Waals surface area contributed by atoms with Crippen molar-refractivity contribution in [1.29, 1.82) is 0 Å². The van der Waals surface area contributed by atoms with Crippen LogP contribution in [0.1, 0.15) is 39.5 Å². The van der Waals surface area contributed by atoms with Gasteiger partial charge in [-0.15, -0.1) is 12.4 Å².